The Labute approximate surface area is 190 Å². The lowest BCUT2D eigenvalue weighted by atomic mass is 10.2. The number of nitrogens with one attached hydrogen (secondary N) is 2. The van der Waals surface area contributed by atoms with Crippen LogP contribution in [0, 0.1) is 0 Å². The summed E-state index contributed by atoms with van der Waals surface area (Å²) < 4.78 is 49.0. The zero-order valence-electron chi connectivity index (χ0n) is 17.3. The highest BCUT2D eigenvalue weighted by Gasteiger charge is 2.31. The maximum Gasteiger partial charge on any atom is 0.366 e. The Morgan fingerprint density at radius 2 is 1.72 bits per heavy atom. The van der Waals surface area contributed by atoms with Gasteiger partial charge in [-0.2, -0.15) is 0 Å². The molecule has 0 aliphatic heterocycles. The van der Waals surface area contributed by atoms with Gasteiger partial charge in [0.2, 0.25) is 0 Å². The molecule has 0 fully saturated rings. The molecule has 0 unspecified atom stereocenters. The van der Waals surface area contributed by atoms with Gasteiger partial charge in [-0.1, -0.05) is 46.8 Å². The summed E-state index contributed by atoms with van der Waals surface area (Å²) in [5.41, 5.74) is 0.343. The van der Waals surface area contributed by atoms with Crippen LogP contribution in [0.4, 0.5) is 0 Å². The Morgan fingerprint density at radius 3 is 2.34 bits per heavy atom. The van der Waals surface area contributed by atoms with Gasteiger partial charge in [0.05, 0.1) is 24.8 Å². The van der Waals surface area contributed by atoms with Crippen LogP contribution >= 0.6 is 19.2 Å². The molecular formula is C20H22ClN2O7PS. The summed E-state index contributed by atoms with van der Waals surface area (Å²) in [4.78, 5) is 22.0. The van der Waals surface area contributed by atoms with Crippen molar-refractivity contribution in [1.82, 2.24) is 9.87 Å². The molecule has 1 heterocycles. The van der Waals surface area contributed by atoms with E-state index in [-0.39, 0.29) is 45.9 Å². The molecule has 0 aliphatic carbocycles. The van der Waals surface area contributed by atoms with Crippen molar-refractivity contribution >= 4 is 45.4 Å². The van der Waals surface area contributed by atoms with E-state index in [9.17, 15) is 17.8 Å². The molecule has 2 N–H and O–H groups in total. The van der Waals surface area contributed by atoms with E-state index < -0.39 is 23.2 Å². The summed E-state index contributed by atoms with van der Waals surface area (Å²) >= 11 is 6.16. The van der Waals surface area contributed by atoms with Crippen molar-refractivity contribution in [1.29, 1.82) is 0 Å². The number of hydrogen-bond donors (Lipinski definition) is 2. The molecule has 0 spiro atoms. The highest BCUT2D eigenvalue weighted by molar-refractivity contribution is 7.89. The summed E-state index contributed by atoms with van der Waals surface area (Å²) in [5.74, 6) is 0. The molecule has 0 amide bonds. The van der Waals surface area contributed by atoms with Crippen molar-refractivity contribution in [2.75, 3.05) is 13.2 Å². The number of fused-ring (bicyclic) bond motifs is 1. The van der Waals surface area contributed by atoms with Crippen LogP contribution < -0.4 is 15.7 Å². The van der Waals surface area contributed by atoms with Crippen LogP contribution in [0.2, 0.25) is 5.02 Å². The summed E-state index contributed by atoms with van der Waals surface area (Å²) in [6.45, 7) is 3.35. The molecule has 0 saturated carbocycles. The van der Waals surface area contributed by atoms with Crippen LogP contribution in [0.25, 0.3) is 10.9 Å². The van der Waals surface area contributed by atoms with E-state index in [4.69, 9.17) is 25.5 Å². The van der Waals surface area contributed by atoms with Gasteiger partial charge in [-0.05, 0) is 37.6 Å². The Balaban J connectivity index is 1.97. The minimum absolute atomic E-state index is 0.00856. The predicted octanol–water partition coefficient (Wildman–Crippen LogP) is 3.48. The van der Waals surface area contributed by atoms with Crippen molar-refractivity contribution in [3.8, 4) is 0 Å². The first-order chi connectivity index (χ1) is 15.2. The van der Waals surface area contributed by atoms with Crippen LogP contribution in [0.15, 0.2) is 58.2 Å². The molecular weight excluding hydrogens is 479 g/mol. The van der Waals surface area contributed by atoms with E-state index in [0.717, 1.165) is 5.56 Å². The first kappa shape index (κ1) is 24.6. The topological polar surface area (TPSA) is 124 Å². The smallest absolute Gasteiger partial charge is 0.321 e. The van der Waals surface area contributed by atoms with Gasteiger partial charge >= 0.3 is 7.60 Å². The molecule has 0 aliphatic rings. The van der Waals surface area contributed by atoms with Gasteiger partial charge in [0.1, 0.15) is 10.2 Å². The first-order valence-electron chi connectivity index (χ1n) is 9.64. The maximum atomic E-state index is 13.1. The molecule has 0 radical (unpaired) electrons. The van der Waals surface area contributed by atoms with Gasteiger partial charge in [-0.25, -0.2) is 8.42 Å². The third-order valence-electron chi connectivity index (χ3n) is 4.31. The second kappa shape index (κ2) is 10.3. The molecule has 0 saturated heterocycles. The second-order valence-corrected chi connectivity index (χ2v) is 10.6. The monoisotopic (exact) mass is 500 g/mol. The molecule has 0 atom stereocenters. The van der Waals surface area contributed by atoms with Gasteiger partial charge < -0.3 is 14.0 Å². The molecule has 172 valence electrons. The second-order valence-electron chi connectivity index (χ2n) is 6.55. The Morgan fingerprint density at radius 1 is 1.06 bits per heavy atom. The fourth-order valence-electron chi connectivity index (χ4n) is 2.93. The summed E-state index contributed by atoms with van der Waals surface area (Å²) in [6.07, 6.45) is 0. The number of pyridine rings is 1. The number of aromatic nitrogens is 1. The lowest BCUT2D eigenvalue weighted by Crippen LogP contribution is -2.29. The van der Waals surface area contributed by atoms with Crippen LogP contribution in [0.5, 0.6) is 0 Å². The number of halogens is 1. The molecule has 0 bridgehead atoms. The fourth-order valence-corrected chi connectivity index (χ4v) is 5.94. The van der Waals surface area contributed by atoms with E-state index in [1.54, 1.807) is 38.1 Å². The third-order valence-corrected chi connectivity index (χ3v) is 8.11. The number of H-pyrrole nitrogens is 1. The van der Waals surface area contributed by atoms with Crippen LogP contribution in [0.3, 0.4) is 0 Å². The molecule has 32 heavy (non-hydrogen) atoms. The average Bonchev–Trinajstić information content (AvgIpc) is 2.73. The minimum atomic E-state index is -4.16. The van der Waals surface area contributed by atoms with Crippen molar-refractivity contribution in [2.45, 2.75) is 25.3 Å². The van der Waals surface area contributed by atoms with E-state index in [1.807, 2.05) is 11.0 Å². The summed E-state index contributed by atoms with van der Waals surface area (Å²) in [5, 5.41) is -0.0887. The summed E-state index contributed by atoms with van der Waals surface area (Å²) in [7, 11) is -8.06. The van der Waals surface area contributed by atoms with Gasteiger partial charge in [0.25, 0.3) is 15.6 Å². The average molecular weight is 501 g/mol. The number of benzene rings is 2. The Hall–Kier alpha value is -2.04. The maximum absolute atomic E-state index is 13.1. The predicted molar refractivity (Wildman–Crippen MR) is 122 cm³/mol. The fraction of sp³-hybridized carbons (Fsp3) is 0.250. The number of hydrogen-bond acceptors (Lipinski definition) is 7. The van der Waals surface area contributed by atoms with Crippen molar-refractivity contribution in [3.63, 3.8) is 0 Å². The molecule has 2 aromatic carbocycles. The van der Waals surface area contributed by atoms with Crippen LogP contribution in [0.1, 0.15) is 19.4 Å². The van der Waals surface area contributed by atoms with Gasteiger partial charge in [0.15, 0.2) is 0 Å². The van der Waals surface area contributed by atoms with Crippen LogP contribution in [-0.4, -0.2) is 26.6 Å². The van der Waals surface area contributed by atoms with Crippen molar-refractivity contribution in [2.24, 2.45) is 0 Å². The highest BCUT2D eigenvalue weighted by Crippen LogP contribution is 2.46. The number of aromatic amines is 1. The lowest BCUT2D eigenvalue weighted by molar-refractivity contribution is 0.0795. The van der Waals surface area contributed by atoms with Crippen molar-refractivity contribution < 1.29 is 26.9 Å². The Bertz CT molecular complexity index is 1300. The molecule has 3 aromatic rings. The van der Waals surface area contributed by atoms with E-state index >= 15 is 0 Å². The Kier molecular flexibility index (Phi) is 7.89. The SMILES string of the molecule is CCOP(=O)(OCC)c1cc2cc(S(=O)(=O)NOCc3ccccc3)c(Cl)cc2[nH]c1=O. The number of rotatable bonds is 10. The van der Waals surface area contributed by atoms with E-state index in [1.165, 1.54) is 18.2 Å². The molecule has 9 nitrogen and oxygen atoms in total. The minimum Gasteiger partial charge on any atom is -0.321 e. The van der Waals surface area contributed by atoms with Crippen LogP contribution in [-0.2, 0) is 35.1 Å². The molecule has 3 rings (SSSR count). The number of sulfonamides is 1. The van der Waals surface area contributed by atoms with E-state index in [2.05, 4.69) is 4.98 Å². The van der Waals surface area contributed by atoms with Gasteiger partial charge in [-0.15, -0.1) is 0 Å². The largest absolute Gasteiger partial charge is 0.366 e. The zero-order valence-corrected chi connectivity index (χ0v) is 19.8. The lowest BCUT2D eigenvalue weighted by Gasteiger charge is -2.17. The standard InChI is InChI=1S/C20H22ClN2O7PS/c1-3-29-31(25,30-4-2)18-10-15-11-19(16(21)12-17(15)22-20(18)24)32(26,27)23-28-13-14-8-6-5-7-9-14/h5-12,23H,3-4,13H2,1-2H3,(H,22,24). The molecule has 1 aromatic heterocycles. The third kappa shape index (κ3) is 5.47. The van der Waals surface area contributed by atoms with E-state index in [0.29, 0.717) is 0 Å². The molecule has 12 heteroatoms. The van der Waals surface area contributed by atoms with Gasteiger partial charge in [-0.3, -0.25) is 14.2 Å². The first-order valence-corrected chi connectivity index (χ1v) is 13.0. The quantitative estimate of drug-likeness (QED) is 0.322. The van der Waals surface area contributed by atoms with Gasteiger partial charge in [0, 0.05) is 10.9 Å². The zero-order chi connectivity index (χ0) is 23.4. The highest BCUT2D eigenvalue weighted by atomic mass is 35.5. The summed E-state index contributed by atoms with van der Waals surface area (Å²) in [6, 6.07) is 12.8. The van der Waals surface area contributed by atoms with Crippen molar-refractivity contribution in [3.05, 3.63) is 69.5 Å². The normalized spacial score (nSPS) is 12.3.